The molecule has 3 amide bonds. The summed E-state index contributed by atoms with van der Waals surface area (Å²) in [6, 6.07) is 15.9. The summed E-state index contributed by atoms with van der Waals surface area (Å²) in [5.74, 6) is 0.611. The highest BCUT2D eigenvalue weighted by Crippen LogP contribution is 2.30. The first-order valence-electron chi connectivity index (χ1n) is 8.86. The number of urea groups is 1. The Morgan fingerprint density at radius 2 is 1.86 bits per heavy atom. The van der Waals surface area contributed by atoms with E-state index in [1.807, 2.05) is 31.2 Å². The molecule has 4 rings (SSSR count). The van der Waals surface area contributed by atoms with E-state index in [2.05, 4.69) is 5.32 Å². The Morgan fingerprint density at radius 3 is 2.62 bits per heavy atom. The minimum absolute atomic E-state index is 0.165. The van der Waals surface area contributed by atoms with E-state index in [4.69, 9.17) is 27.6 Å². The quantitative estimate of drug-likeness (QED) is 0.432. The number of imide groups is 1. The smallest absolute Gasteiger partial charge is 0.329 e. The molecule has 0 radical (unpaired) electrons. The van der Waals surface area contributed by atoms with E-state index in [-0.39, 0.29) is 12.2 Å². The molecule has 1 aliphatic heterocycles. The van der Waals surface area contributed by atoms with Crippen LogP contribution in [0.15, 0.2) is 64.7 Å². The van der Waals surface area contributed by atoms with Gasteiger partial charge in [-0.15, -0.1) is 0 Å². The lowest BCUT2D eigenvalue weighted by Gasteiger charge is -2.12. The van der Waals surface area contributed by atoms with Gasteiger partial charge in [-0.2, -0.15) is 0 Å². The second-order valence-electron chi connectivity index (χ2n) is 6.70. The molecule has 0 bridgehead atoms. The van der Waals surface area contributed by atoms with E-state index in [9.17, 15) is 9.59 Å². The Hall–Kier alpha value is -3.02. The molecule has 0 spiro atoms. The number of nitrogens with zero attached hydrogens (tertiary/aromatic N) is 1. The number of amides is 3. The summed E-state index contributed by atoms with van der Waals surface area (Å²) in [6.07, 6.45) is 1.51. The second kappa shape index (κ2) is 7.78. The van der Waals surface area contributed by atoms with E-state index in [0.29, 0.717) is 21.6 Å². The van der Waals surface area contributed by atoms with Crippen LogP contribution in [0.4, 0.5) is 4.79 Å². The fourth-order valence-electron chi connectivity index (χ4n) is 3.09. The largest absolute Gasteiger partial charge is 0.457 e. The molecule has 0 atom stereocenters. The Labute approximate surface area is 177 Å². The van der Waals surface area contributed by atoms with Crippen molar-refractivity contribution in [1.29, 1.82) is 0 Å². The number of carbonyl (C=O) groups excluding carboxylic acids is 2. The van der Waals surface area contributed by atoms with E-state index >= 15 is 0 Å². The second-order valence-corrected chi connectivity index (χ2v) is 7.51. The number of hydrogen-bond donors (Lipinski definition) is 1. The Balaban J connectivity index is 1.54. The van der Waals surface area contributed by atoms with Gasteiger partial charge in [0.05, 0.1) is 16.6 Å². The van der Waals surface area contributed by atoms with Crippen LogP contribution in [0.1, 0.15) is 16.9 Å². The molecule has 1 aliphatic rings. The number of halogens is 2. The van der Waals surface area contributed by atoms with Crippen molar-refractivity contribution >= 4 is 41.2 Å². The van der Waals surface area contributed by atoms with Crippen LogP contribution >= 0.6 is 23.2 Å². The predicted molar refractivity (Wildman–Crippen MR) is 112 cm³/mol. The van der Waals surface area contributed by atoms with Crippen molar-refractivity contribution in [3.8, 4) is 11.3 Å². The molecule has 1 aromatic heterocycles. The fourth-order valence-corrected chi connectivity index (χ4v) is 3.38. The summed E-state index contributed by atoms with van der Waals surface area (Å²) in [5, 5.41) is 3.48. The molecule has 2 heterocycles. The van der Waals surface area contributed by atoms with Crippen LogP contribution in [-0.4, -0.2) is 16.8 Å². The van der Waals surface area contributed by atoms with Gasteiger partial charge in [-0.3, -0.25) is 9.69 Å². The first-order valence-corrected chi connectivity index (χ1v) is 9.61. The minimum atomic E-state index is -0.459. The highest BCUT2D eigenvalue weighted by atomic mass is 35.5. The maximum absolute atomic E-state index is 12.7. The van der Waals surface area contributed by atoms with Gasteiger partial charge in [-0.1, -0.05) is 53.0 Å². The summed E-state index contributed by atoms with van der Waals surface area (Å²) < 4.78 is 5.78. The normalized spacial score (nSPS) is 15.3. The lowest BCUT2D eigenvalue weighted by Crippen LogP contribution is -2.30. The third-order valence-corrected chi connectivity index (χ3v) is 5.24. The van der Waals surface area contributed by atoms with Crippen LogP contribution < -0.4 is 5.32 Å². The maximum atomic E-state index is 12.7. The molecular weight excluding hydrogens is 411 g/mol. The van der Waals surface area contributed by atoms with Gasteiger partial charge in [-0.25, -0.2) is 4.79 Å². The standard InChI is InChI=1S/C22H16Cl2N2O3/c1-13-3-2-4-14(9-13)12-26-21(27)19(25-22(26)28)11-16-6-8-20(29-16)15-5-7-17(23)18(24)10-15/h2-11H,12H2,1H3,(H,25,28)/b19-11-. The minimum Gasteiger partial charge on any atom is -0.457 e. The van der Waals surface area contributed by atoms with Crippen molar-refractivity contribution in [2.45, 2.75) is 13.5 Å². The van der Waals surface area contributed by atoms with Crippen molar-refractivity contribution in [2.75, 3.05) is 0 Å². The number of benzene rings is 2. The number of hydrogen-bond acceptors (Lipinski definition) is 3. The maximum Gasteiger partial charge on any atom is 0.329 e. The van der Waals surface area contributed by atoms with Gasteiger partial charge in [0.2, 0.25) is 0 Å². The van der Waals surface area contributed by atoms with Gasteiger partial charge in [-0.05, 0) is 42.8 Å². The summed E-state index contributed by atoms with van der Waals surface area (Å²) in [5.41, 5.74) is 2.87. The lowest BCUT2D eigenvalue weighted by molar-refractivity contribution is -0.123. The van der Waals surface area contributed by atoms with E-state index in [1.165, 1.54) is 11.0 Å². The van der Waals surface area contributed by atoms with Crippen LogP contribution in [-0.2, 0) is 11.3 Å². The molecule has 29 heavy (non-hydrogen) atoms. The van der Waals surface area contributed by atoms with Gasteiger partial charge in [0.15, 0.2) is 0 Å². The van der Waals surface area contributed by atoms with Crippen LogP contribution in [0, 0.1) is 6.92 Å². The van der Waals surface area contributed by atoms with Crippen molar-refractivity contribution < 1.29 is 14.0 Å². The van der Waals surface area contributed by atoms with Crippen LogP contribution in [0.25, 0.3) is 17.4 Å². The summed E-state index contributed by atoms with van der Waals surface area (Å²) in [6.45, 7) is 2.17. The van der Waals surface area contributed by atoms with Gasteiger partial charge < -0.3 is 9.73 Å². The molecule has 0 saturated carbocycles. The average molecular weight is 427 g/mol. The zero-order valence-electron chi connectivity index (χ0n) is 15.4. The number of carbonyl (C=O) groups is 2. The molecule has 1 saturated heterocycles. The molecule has 7 heteroatoms. The van der Waals surface area contributed by atoms with Gasteiger partial charge in [0.1, 0.15) is 17.2 Å². The first-order chi connectivity index (χ1) is 13.9. The van der Waals surface area contributed by atoms with E-state index in [1.54, 1.807) is 30.3 Å². The number of rotatable bonds is 4. The number of furan rings is 1. The number of aryl methyl sites for hydroxylation is 1. The highest BCUT2D eigenvalue weighted by Gasteiger charge is 2.33. The molecular formula is C22H16Cl2N2O3. The molecule has 1 N–H and O–H groups in total. The summed E-state index contributed by atoms with van der Waals surface area (Å²) >= 11 is 12.0. The number of nitrogens with one attached hydrogen (secondary N) is 1. The molecule has 2 aromatic carbocycles. The van der Waals surface area contributed by atoms with Crippen molar-refractivity contribution in [3.63, 3.8) is 0 Å². The third kappa shape index (κ3) is 4.06. The average Bonchev–Trinajstić information content (AvgIpc) is 3.25. The van der Waals surface area contributed by atoms with E-state index < -0.39 is 11.9 Å². The fraction of sp³-hybridized carbons (Fsp3) is 0.0909. The zero-order chi connectivity index (χ0) is 20.5. The van der Waals surface area contributed by atoms with Crippen molar-refractivity contribution in [2.24, 2.45) is 0 Å². The first kappa shape index (κ1) is 19.3. The monoisotopic (exact) mass is 426 g/mol. The summed E-state index contributed by atoms with van der Waals surface area (Å²) in [4.78, 5) is 26.1. The van der Waals surface area contributed by atoms with Crippen molar-refractivity contribution in [3.05, 3.63) is 87.2 Å². The Kier molecular flexibility index (Phi) is 5.18. The van der Waals surface area contributed by atoms with Crippen molar-refractivity contribution in [1.82, 2.24) is 10.2 Å². The molecule has 0 aliphatic carbocycles. The molecule has 0 unspecified atom stereocenters. The Morgan fingerprint density at radius 1 is 1.03 bits per heavy atom. The lowest BCUT2D eigenvalue weighted by atomic mass is 10.1. The predicted octanol–water partition coefficient (Wildman–Crippen LogP) is 5.65. The molecule has 3 aromatic rings. The van der Waals surface area contributed by atoms with Gasteiger partial charge in [0, 0.05) is 11.6 Å². The van der Waals surface area contributed by atoms with Gasteiger partial charge >= 0.3 is 6.03 Å². The molecule has 146 valence electrons. The van der Waals surface area contributed by atoms with Crippen LogP contribution in [0.3, 0.4) is 0 Å². The zero-order valence-corrected chi connectivity index (χ0v) is 16.9. The highest BCUT2D eigenvalue weighted by molar-refractivity contribution is 6.42. The Bertz CT molecular complexity index is 1150. The molecule has 1 fully saturated rings. The van der Waals surface area contributed by atoms with Crippen LogP contribution in [0.2, 0.25) is 10.0 Å². The summed E-state index contributed by atoms with van der Waals surface area (Å²) in [7, 11) is 0. The van der Waals surface area contributed by atoms with E-state index in [0.717, 1.165) is 16.7 Å². The SMILES string of the molecule is Cc1cccc(CN2C(=O)N/C(=C\c3ccc(-c4ccc(Cl)c(Cl)c4)o3)C2=O)c1. The third-order valence-electron chi connectivity index (χ3n) is 4.50. The van der Waals surface area contributed by atoms with Crippen LogP contribution in [0.5, 0.6) is 0 Å². The van der Waals surface area contributed by atoms with Gasteiger partial charge in [0.25, 0.3) is 5.91 Å². The molecule has 5 nitrogen and oxygen atoms in total. The topological polar surface area (TPSA) is 62.6 Å².